The Kier molecular flexibility index (Phi) is 6.10. The number of halogens is 9. The van der Waals surface area contributed by atoms with Crippen molar-refractivity contribution in [1.29, 1.82) is 0 Å². The molecule has 0 radical (unpaired) electrons. The van der Waals surface area contributed by atoms with Crippen molar-refractivity contribution in [3.8, 4) is 16.9 Å². The SMILES string of the molecule is O=C(O)C1(c2cc(OCC(F)(F)F)c(C(F)(F)F)c(-c3ccc(C(F)(F)F)cc3)c2)CCC1. The van der Waals surface area contributed by atoms with Gasteiger partial charge in [-0.25, -0.2) is 0 Å². The Morgan fingerprint density at radius 1 is 0.909 bits per heavy atom. The van der Waals surface area contributed by atoms with Crippen LogP contribution in [-0.4, -0.2) is 23.9 Å². The molecule has 180 valence electrons. The van der Waals surface area contributed by atoms with Gasteiger partial charge in [0.15, 0.2) is 6.61 Å². The molecule has 33 heavy (non-hydrogen) atoms. The monoisotopic (exact) mass is 486 g/mol. The highest BCUT2D eigenvalue weighted by Crippen LogP contribution is 2.50. The van der Waals surface area contributed by atoms with E-state index in [0.29, 0.717) is 24.6 Å². The Hall–Kier alpha value is -2.92. The highest BCUT2D eigenvalue weighted by molar-refractivity contribution is 5.84. The summed E-state index contributed by atoms with van der Waals surface area (Å²) in [4.78, 5) is 11.8. The van der Waals surface area contributed by atoms with Crippen LogP contribution in [0.15, 0.2) is 36.4 Å². The molecule has 0 spiro atoms. The number of carboxylic acids is 1. The number of hydrogen-bond donors (Lipinski definition) is 1. The second-order valence-corrected chi connectivity index (χ2v) is 7.61. The van der Waals surface area contributed by atoms with Gasteiger partial charge in [0.25, 0.3) is 0 Å². The van der Waals surface area contributed by atoms with Crippen LogP contribution in [0.3, 0.4) is 0 Å². The molecule has 0 heterocycles. The number of hydrogen-bond acceptors (Lipinski definition) is 2. The van der Waals surface area contributed by atoms with Crippen molar-refractivity contribution < 1.29 is 54.2 Å². The molecule has 0 atom stereocenters. The van der Waals surface area contributed by atoms with Crippen molar-refractivity contribution in [2.45, 2.75) is 43.2 Å². The van der Waals surface area contributed by atoms with E-state index in [0.717, 1.165) is 18.2 Å². The molecule has 1 aliphatic rings. The molecule has 0 unspecified atom stereocenters. The Balaban J connectivity index is 2.26. The first-order chi connectivity index (χ1) is 15.0. The molecule has 2 aromatic carbocycles. The summed E-state index contributed by atoms with van der Waals surface area (Å²) < 4.78 is 123. The van der Waals surface area contributed by atoms with Crippen molar-refractivity contribution >= 4 is 5.97 Å². The van der Waals surface area contributed by atoms with Crippen LogP contribution in [0.25, 0.3) is 11.1 Å². The largest absolute Gasteiger partial charge is 0.483 e. The summed E-state index contributed by atoms with van der Waals surface area (Å²) >= 11 is 0. The Bertz CT molecular complexity index is 1030. The summed E-state index contributed by atoms with van der Waals surface area (Å²) in [5.74, 6) is -2.63. The smallest absolute Gasteiger partial charge is 0.422 e. The van der Waals surface area contributed by atoms with Crippen LogP contribution in [0.2, 0.25) is 0 Å². The number of carboxylic acid groups (broad SMARTS) is 1. The van der Waals surface area contributed by atoms with Crippen LogP contribution in [0.5, 0.6) is 5.75 Å². The summed E-state index contributed by atoms with van der Waals surface area (Å²) in [6.07, 6.45) is -14.5. The third kappa shape index (κ3) is 5.03. The van der Waals surface area contributed by atoms with Crippen molar-refractivity contribution in [3.05, 3.63) is 53.1 Å². The zero-order valence-corrected chi connectivity index (χ0v) is 16.5. The molecule has 2 aromatic rings. The third-order valence-electron chi connectivity index (χ3n) is 5.47. The van der Waals surface area contributed by atoms with E-state index in [-0.39, 0.29) is 18.4 Å². The third-order valence-corrected chi connectivity index (χ3v) is 5.47. The van der Waals surface area contributed by atoms with Gasteiger partial charge in [0, 0.05) is 0 Å². The molecule has 1 fully saturated rings. The van der Waals surface area contributed by atoms with Crippen molar-refractivity contribution in [2.24, 2.45) is 0 Å². The van der Waals surface area contributed by atoms with Crippen LogP contribution in [0.1, 0.15) is 36.0 Å². The van der Waals surface area contributed by atoms with Gasteiger partial charge in [0.05, 0.1) is 11.0 Å². The lowest BCUT2D eigenvalue weighted by Gasteiger charge is -2.39. The van der Waals surface area contributed by atoms with Gasteiger partial charge in [-0.2, -0.15) is 39.5 Å². The molecule has 0 aliphatic heterocycles. The van der Waals surface area contributed by atoms with Crippen molar-refractivity contribution in [3.63, 3.8) is 0 Å². The predicted molar refractivity (Wildman–Crippen MR) is 96.6 cm³/mol. The summed E-state index contributed by atoms with van der Waals surface area (Å²) in [6.45, 7) is -2.08. The van der Waals surface area contributed by atoms with Gasteiger partial charge < -0.3 is 9.84 Å². The first-order valence-corrected chi connectivity index (χ1v) is 9.41. The fourth-order valence-corrected chi connectivity index (χ4v) is 3.68. The minimum atomic E-state index is -5.26. The number of rotatable bonds is 5. The highest BCUT2D eigenvalue weighted by Gasteiger charge is 2.48. The zero-order valence-electron chi connectivity index (χ0n) is 16.5. The molecule has 0 bridgehead atoms. The fraction of sp³-hybridized carbons (Fsp3) is 0.381. The lowest BCUT2D eigenvalue weighted by atomic mass is 9.64. The summed E-state index contributed by atoms with van der Waals surface area (Å²) in [5, 5.41) is 9.64. The molecule has 1 aliphatic carbocycles. The fourth-order valence-electron chi connectivity index (χ4n) is 3.68. The van der Waals surface area contributed by atoms with Crippen LogP contribution >= 0.6 is 0 Å². The average molecular weight is 486 g/mol. The Labute approximate surface area is 180 Å². The van der Waals surface area contributed by atoms with E-state index in [1.54, 1.807) is 0 Å². The lowest BCUT2D eigenvalue weighted by molar-refractivity contribution is -0.158. The van der Waals surface area contributed by atoms with Gasteiger partial charge >= 0.3 is 24.5 Å². The summed E-state index contributed by atoms with van der Waals surface area (Å²) in [7, 11) is 0. The maximum absolute atomic E-state index is 13.9. The van der Waals surface area contributed by atoms with Gasteiger partial charge in [-0.1, -0.05) is 18.6 Å². The van der Waals surface area contributed by atoms with E-state index in [1.165, 1.54) is 0 Å². The molecule has 0 amide bonds. The Morgan fingerprint density at radius 3 is 1.88 bits per heavy atom. The van der Waals surface area contributed by atoms with Crippen LogP contribution in [-0.2, 0) is 22.6 Å². The second-order valence-electron chi connectivity index (χ2n) is 7.61. The van der Waals surface area contributed by atoms with E-state index < -0.39 is 64.5 Å². The minimum absolute atomic E-state index is 0.0266. The predicted octanol–water partition coefficient (Wildman–Crippen LogP) is 6.84. The Morgan fingerprint density at radius 2 is 1.48 bits per heavy atom. The standard InChI is InChI=1S/C21H15F9O3/c22-19(23,24)10-33-15-9-13(18(17(31)32)6-1-7-18)8-14(16(15)21(28,29)30)11-2-4-12(5-3-11)20(25,26)27/h2-5,8-9H,1,6-7,10H2,(H,31,32). The lowest BCUT2D eigenvalue weighted by Crippen LogP contribution is -2.42. The van der Waals surface area contributed by atoms with E-state index in [4.69, 9.17) is 0 Å². The summed E-state index contributed by atoms with van der Waals surface area (Å²) in [6, 6.07) is 3.98. The zero-order chi connectivity index (χ0) is 24.8. The maximum Gasteiger partial charge on any atom is 0.422 e. The molecule has 1 N–H and O–H groups in total. The van der Waals surface area contributed by atoms with E-state index in [9.17, 15) is 49.4 Å². The van der Waals surface area contributed by atoms with E-state index in [2.05, 4.69) is 4.74 Å². The molecular weight excluding hydrogens is 471 g/mol. The van der Waals surface area contributed by atoms with Crippen LogP contribution in [0.4, 0.5) is 39.5 Å². The van der Waals surface area contributed by atoms with Gasteiger partial charge in [-0.15, -0.1) is 0 Å². The number of aliphatic carboxylic acids is 1. The number of ether oxygens (including phenoxy) is 1. The molecular formula is C21H15F9O3. The molecule has 0 aromatic heterocycles. The maximum atomic E-state index is 13.9. The van der Waals surface area contributed by atoms with E-state index in [1.807, 2.05) is 0 Å². The quantitative estimate of drug-likeness (QED) is 0.471. The summed E-state index contributed by atoms with van der Waals surface area (Å²) in [5.41, 5.74) is -5.82. The van der Waals surface area contributed by atoms with Crippen LogP contribution in [0, 0.1) is 0 Å². The van der Waals surface area contributed by atoms with Gasteiger partial charge in [-0.05, 0) is 53.8 Å². The average Bonchev–Trinajstić information content (AvgIpc) is 2.62. The van der Waals surface area contributed by atoms with Crippen LogP contribution < -0.4 is 4.74 Å². The molecule has 0 saturated heterocycles. The van der Waals surface area contributed by atoms with Crippen molar-refractivity contribution in [2.75, 3.05) is 6.61 Å². The number of alkyl halides is 9. The molecule has 3 nitrogen and oxygen atoms in total. The van der Waals surface area contributed by atoms with Gasteiger partial charge in [-0.3, -0.25) is 4.79 Å². The molecule has 1 saturated carbocycles. The molecule has 12 heteroatoms. The number of carbonyl (C=O) groups is 1. The number of benzene rings is 2. The van der Waals surface area contributed by atoms with Gasteiger partial charge in [0.2, 0.25) is 0 Å². The molecule has 3 rings (SSSR count). The highest BCUT2D eigenvalue weighted by atomic mass is 19.4. The van der Waals surface area contributed by atoms with Gasteiger partial charge in [0.1, 0.15) is 11.3 Å². The minimum Gasteiger partial charge on any atom is -0.483 e. The second kappa shape index (κ2) is 8.14. The van der Waals surface area contributed by atoms with Crippen molar-refractivity contribution in [1.82, 2.24) is 0 Å². The first kappa shape index (κ1) is 24.7. The van der Waals surface area contributed by atoms with E-state index >= 15 is 0 Å². The normalized spacial score (nSPS) is 16.3. The first-order valence-electron chi connectivity index (χ1n) is 9.41. The topological polar surface area (TPSA) is 46.5 Å².